The lowest BCUT2D eigenvalue weighted by atomic mass is 9.89. The van der Waals surface area contributed by atoms with E-state index in [-0.39, 0.29) is 11.9 Å². The molecule has 2 heterocycles. The number of aryl methyl sites for hydroxylation is 1. The number of aromatic nitrogens is 2. The second-order valence-electron chi connectivity index (χ2n) is 7.67. The fourth-order valence-corrected chi connectivity index (χ4v) is 4.20. The molecule has 5 heteroatoms. The summed E-state index contributed by atoms with van der Waals surface area (Å²) < 4.78 is 5.15. The van der Waals surface area contributed by atoms with Crippen molar-refractivity contribution in [1.29, 1.82) is 0 Å². The van der Waals surface area contributed by atoms with Crippen LogP contribution in [0.4, 0.5) is 5.69 Å². The van der Waals surface area contributed by atoms with Gasteiger partial charge in [-0.1, -0.05) is 49.7 Å². The van der Waals surface area contributed by atoms with E-state index in [0.717, 1.165) is 47.5 Å². The lowest BCUT2D eigenvalue weighted by Crippen LogP contribution is -2.18. The van der Waals surface area contributed by atoms with Crippen LogP contribution < -0.4 is 5.32 Å². The van der Waals surface area contributed by atoms with Crippen LogP contribution in [0.25, 0.3) is 22.6 Å². The number of fused-ring (bicyclic) bond motifs is 1. The number of methoxy groups -OCH3 is 1. The Morgan fingerprint density at radius 3 is 2.67 bits per heavy atom. The monoisotopic (exact) mass is 401 g/mol. The van der Waals surface area contributed by atoms with Crippen molar-refractivity contribution in [3.05, 3.63) is 65.4 Å². The van der Waals surface area contributed by atoms with E-state index in [1.807, 2.05) is 37.3 Å². The summed E-state index contributed by atoms with van der Waals surface area (Å²) in [7, 11) is 1.44. The first kappa shape index (κ1) is 20.1. The molecule has 1 atom stereocenters. The Morgan fingerprint density at radius 1 is 1.13 bits per heavy atom. The molecule has 4 rings (SSSR count). The van der Waals surface area contributed by atoms with Crippen molar-refractivity contribution < 1.29 is 9.53 Å². The zero-order valence-corrected chi connectivity index (χ0v) is 17.7. The van der Waals surface area contributed by atoms with Crippen LogP contribution in [0, 0.1) is 6.92 Å². The first-order chi connectivity index (χ1) is 14.6. The van der Waals surface area contributed by atoms with E-state index < -0.39 is 0 Å². The third kappa shape index (κ3) is 3.80. The summed E-state index contributed by atoms with van der Waals surface area (Å²) in [5.74, 6) is 0.0527. The van der Waals surface area contributed by atoms with E-state index in [9.17, 15) is 4.79 Å². The summed E-state index contributed by atoms with van der Waals surface area (Å²) >= 11 is 0. The van der Waals surface area contributed by atoms with Crippen LogP contribution in [0.15, 0.2) is 48.5 Å². The Labute approximate surface area is 177 Å². The van der Waals surface area contributed by atoms with Crippen LogP contribution in [-0.4, -0.2) is 29.6 Å². The molecule has 0 saturated heterocycles. The summed E-state index contributed by atoms with van der Waals surface area (Å²) in [6.07, 6.45) is 2.55. The topological polar surface area (TPSA) is 64.1 Å². The number of ether oxygens (including phenoxy) is 1. The smallest absolute Gasteiger partial charge is 0.313 e. The minimum Gasteiger partial charge on any atom is -0.469 e. The lowest BCUT2D eigenvalue weighted by Gasteiger charge is -2.21. The molecule has 1 aliphatic rings. The van der Waals surface area contributed by atoms with Crippen LogP contribution in [0.2, 0.25) is 0 Å². The number of nitrogens with one attached hydrogen (secondary N) is 1. The average molecular weight is 402 g/mol. The minimum absolute atomic E-state index is 0.236. The van der Waals surface area contributed by atoms with Gasteiger partial charge < -0.3 is 10.1 Å². The van der Waals surface area contributed by atoms with Gasteiger partial charge >= 0.3 is 5.97 Å². The van der Waals surface area contributed by atoms with Crippen LogP contribution in [0.1, 0.15) is 42.5 Å². The summed E-state index contributed by atoms with van der Waals surface area (Å²) in [4.78, 5) is 22.5. The maximum Gasteiger partial charge on any atom is 0.313 e. The number of carbonyl (C=O) groups excluding carboxylic acids is 1. The van der Waals surface area contributed by atoms with Gasteiger partial charge in [-0.3, -0.25) is 4.79 Å². The Kier molecular flexibility index (Phi) is 5.79. The highest BCUT2D eigenvalue weighted by molar-refractivity contribution is 5.83. The van der Waals surface area contributed by atoms with Crippen molar-refractivity contribution in [2.75, 3.05) is 19.0 Å². The normalized spacial score (nSPS) is 13.4. The van der Waals surface area contributed by atoms with Gasteiger partial charge in [-0.05, 0) is 37.5 Å². The van der Waals surface area contributed by atoms with Crippen LogP contribution >= 0.6 is 0 Å². The molecule has 0 amide bonds. The number of nitrogens with zero attached hydrogens (tertiary/aromatic N) is 2. The molecule has 0 bridgehead atoms. The largest absolute Gasteiger partial charge is 0.469 e. The van der Waals surface area contributed by atoms with E-state index in [0.29, 0.717) is 12.2 Å². The second kappa shape index (κ2) is 8.66. The molecule has 0 radical (unpaired) electrons. The van der Waals surface area contributed by atoms with Crippen molar-refractivity contribution >= 4 is 11.7 Å². The van der Waals surface area contributed by atoms with E-state index in [1.165, 1.54) is 18.4 Å². The highest BCUT2D eigenvalue weighted by Crippen LogP contribution is 2.37. The molecular weight excluding hydrogens is 374 g/mol. The van der Waals surface area contributed by atoms with Gasteiger partial charge in [-0.25, -0.2) is 9.97 Å². The van der Waals surface area contributed by atoms with Crippen LogP contribution in [0.5, 0.6) is 0 Å². The van der Waals surface area contributed by atoms with Crippen molar-refractivity contribution in [3.8, 4) is 22.6 Å². The van der Waals surface area contributed by atoms with E-state index in [2.05, 4.69) is 30.4 Å². The number of hydrogen-bond acceptors (Lipinski definition) is 5. The number of anilines is 1. The fourth-order valence-electron chi connectivity index (χ4n) is 4.20. The molecule has 0 fully saturated rings. The van der Waals surface area contributed by atoms with Crippen molar-refractivity contribution in [2.45, 2.75) is 39.0 Å². The third-order valence-electron chi connectivity index (χ3n) is 5.67. The van der Waals surface area contributed by atoms with Gasteiger partial charge in [-0.2, -0.15) is 0 Å². The van der Waals surface area contributed by atoms with Gasteiger partial charge in [0.2, 0.25) is 0 Å². The van der Waals surface area contributed by atoms with E-state index in [4.69, 9.17) is 14.7 Å². The zero-order chi connectivity index (χ0) is 21.1. The summed E-state index contributed by atoms with van der Waals surface area (Å²) in [5, 5.41) is 3.41. The van der Waals surface area contributed by atoms with Gasteiger partial charge in [-0.15, -0.1) is 0 Å². The first-order valence-corrected chi connectivity index (χ1v) is 10.5. The SMILES string of the molecule is CCCC(C(=O)OC)c1c(C)nc(-c2ccccc2)nc1-c1ccc2c(c1)CCN2. The molecule has 154 valence electrons. The molecule has 2 aromatic carbocycles. The standard InChI is InChI=1S/C25H27N3O2/c1-4-8-20(25(29)30-3)22-16(2)27-24(17-9-6-5-7-10-17)28-23(22)19-11-12-21-18(15-19)13-14-26-21/h5-7,9-12,15,20,26H,4,8,13-14H2,1-3H3. The molecular formula is C25H27N3O2. The summed E-state index contributed by atoms with van der Waals surface area (Å²) in [6, 6.07) is 16.3. The molecule has 0 saturated carbocycles. The zero-order valence-electron chi connectivity index (χ0n) is 17.7. The molecule has 1 N–H and O–H groups in total. The average Bonchev–Trinajstić information content (AvgIpc) is 3.25. The van der Waals surface area contributed by atoms with E-state index in [1.54, 1.807) is 0 Å². The molecule has 1 unspecified atom stereocenters. The number of rotatable bonds is 6. The molecule has 0 aliphatic carbocycles. The van der Waals surface area contributed by atoms with Crippen molar-refractivity contribution in [3.63, 3.8) is 0 Å². The number of carbonyl (C=O) groups is 1. The highest BCUT2D eigenvalue weighted by Gasteiger charge is 2.28. The van der Waals surface area contributed by atoms with Gasteiger partial charge in [0.1, 0.15) is 0 Å². The Bertz CT molecular complexity index is 1060. The Balaban J connectivity index is 1.93. The molecule has 1 aromatic heterocycles. The number of esters is 1. The molecule has 3 aromatic rings. The Hall–Kier alpha value is -3.21. The first-order valence-electron chi connectivity index (χ1n) is 10.5. The quantitative estimate of drug-likeness (QED) is 0.579. The second-order valence-corrected chi connectivity index (χ2v) is 7.67. The predicted octanol–water partition coefficient (Wildman–Crippen LogP) is 5.14. The molecule has 30 heavy (non-hydrogen) atoms. The fraction of sp³-hybridized carbons (Fsp3) is 0.320. The number of benzene rings is 2. The van der Waals surface area contributed by atoms with E-state index >= 15 is 0 Å². The van der Waals surface area contributed by atoms with Gasteiger partial charge in [0, 0.05) is 34.6 Å². The summed E-state index contributed by atoms with van der Waals surface area (Å²) in [6.45, 7) is 4.99. The number of hydrogen-bond donors (Lipinski definition) is 1. The summed E-state index contributed by atoms with van der Waals surface area (Å²) in [5.41, 5.74) is 6.94. The third-order valence-corrected chi connectivity index (χ3v) is 5.67. The maximum atomic E-state index is 12.7. The van der Waals surface area contributed by atoms with Crippen molar-refractivity contribution in [2.24, 2.45) is 0 Å². The van der Waals surface area contributed by atoms with Gasteiger partial charge in [0.05, 0.1) is 18.7 Å². The molecule has 0 spiro atoms. The minimum atomic E-state index is -0.383. The van der Waals surface area contributed by atoms with Crippen LogP contribution in [-0.2, 0) is 16.0 Å². The predicted molar refractivity (Wildman–Crippen MR) is 119 cm³/mol. The van der Waals surface area contributed by atoms with Gasteiger partial charge in [0.15, 0.2) is 5.82 Å². The highest BCUT2D eigenvalue weighted by atomic mass is 16.5. The molecule has 1 aliphatic heterocycles. The van der Waals surface area contributed by atoms with Crippen LogP contribution in [0.3, 0.4) is 0 Å². The Morgan fingerprint density at radius 2 is 1.93 bits per heavy atom. The molecule has 5 nitrogen and oxygen atoms in total. The van der Waals surface area contributed by atoms with Gasteiger partial charge in [0.25, 0.3) is 0 Å². The maximum absolute atomic E-state index is 12.7. The van der Waals surface area contributed by atoms with Crippen molar-refractivity contribution in [1.82, 2.24) is 9.97 Å². The lowest BCUT2D eigenvalue weighted by molar-refractivity contribution is -0.142.